The molecule has 3 aromatic rings. The van der Waals surface area contributed by atoms with Gasteiger partial charge in [-0.3, -0.25) is 14.7 Å². The van der Waals surface area contributed by atoms with Gasteiger partial charge in [0.2, 0.25) is 0 Å². The van der Waals surface area contributed by atoms with Gasteiger partial charge in [0.25, 0.3) is 0 Å². The molecule has 0 radical (unpaired) electrons. The molecule has 0 aromatic heterocycles. The van der Waals surface area contributed by atoms with Crippen LogP contribution in [0.25, 0.3) is 5.57 Å². The van der Waals surface area contributed by atoms with Gasteiger partial charge in [-0.2, -0.15) is 13.2 Å². The highest BCUT2D eigenvalue weighted by Gasteiger charge is 2.31. The second kappa shape index (κ2) is 16.3. The molecule has 0 amide bonds. The summed E-state index contributed by atoms with van der Waals surface area (Å²) >= 11 is 0. The van der Waals surface area contributed by atoms with Gasteiger partial charge in [0, 0.05) is 77.5 Å². The molecule has 1 unspecified atom stereocenters. The molecule has 0 saturated carbocycles. The lowest BCUT2D eigenvalue weighted by atomic mass is 9.96. The van der Waals surface area contributed by atoms with E-state index in [9.17, 15) is 22.0 Å². The molecule has 0 bridgehead atoms. The van der Waals surface area contributed by atoms with Crippen molar-refractivity contribution in [3.8, 4) is 0 Å². The van der Waals surface area contributed by atoms with Crippen molar-refractivity contribution in [1.82, 2.24) is 19.6 Å². The minimum atomic E-state index is -4.40. The second-order valence-corrected chi connectivity index (χ2v) is 12.4. The topological polar surface area (TPSA) is 13.0 Å². The molecule has 4 nitrogen and oxygen atoms in total. The van der Waals surface area contributed by atoms with E-state index in [0.717, 1.165) is 94.3 Å². The summed E-state index contributed by atoms with van der Waals surface area (Å²) in [7, 11) is 0. The zero-order valence-electron chi connectivity index (χ0n) is 26.5. The maximum atomic E-state index is 13.8. The Hall–Kier alpha value is -2.82. The number of piperazine rings is 2. The van der Waals surface area contributed by atoms with Crippen molar-refractivity contribution in [3.63, 3.8) is 0 Å². The summed E-state index contributed by atoms with van der Waals surface area (Å²) in [6.45, 7) is 13.9. The number of alkyl halides is 3. The molecule has 5 rings (SSSR count). The first kappa shape index (κ1) is 36.0. The summed E-state index contributed by atoms with van der Waals surface area (Å²) in [6, 6.07) is 18.9. The molecule has 0 aliphatic carbocycles. The molecular formula is C36H44ClF5N4. The predicted molar refractivity (Wildman–Crippen MR) is 177 cm³/mol. The molecule has 0 spiro atoms. The highest BCUT2D eigenvalue weighted by Crippen LogP contribution is 2.32. The van der Waals surface area contributed by atoms with E-state index in [-0.39, 0.29) is 30.1 Å². The highest BCUT2D eigenvalue weighted by molar-refractivity contribution is 5.85. The largest absolute Gasteiger partial charge is 0.416 e. The Bertz CT molecular complexity index is 1380. The van der Waals surface area contributed by atoms with Gasteiger partial charge in [-0.05, 0) is 78.9 Å². The average molecular weight is 663 g/mol. The normalized spacial score (nSPS) is 18.5. The average Bonchev–Trinajstić information content (AvgIpc) is 3.03. The second-order valence-electron chi connectivity index (χ2n) is 12.4. The van der Waals surface area contributed by atoms with E-state index in [2.05, 4.69) is 33.4 Å². The van der Waals surface area contributed by atoms with Crippen LogP contribution in [-0.4, -0.2) is 91.1 Å². The van der Waals surface area contributed by atoms with Crippen molar-refractivity contribution in [2.45, 2.75) is 38.5 Å². The molecule has 3 aromatic carbocycles. The third-order valence-electron chi connectivity index (χ3n) is 9.14. The quantitative estimate of drug-likeness (QED) is 0.207. The zero-order chi connectivity index (χ0) is 32.0. The van der Waals surface area contributed by atoms with Gasteiger partial charge >= 0.3 is 6.18 Å². The van der Waals surface area contributed by atoms with E-state index in [4.69, 9.17) is 0 Å². The molecule has 2 heterocycles. The van der Waals surface area contributed by atoms with Crippen LogP contribution in [0.2, 0.25) is 0 Å². The summed E-state index contributed by atoms with van der Waals surface area (Å²) in [5, 5.41) is 0. The third-order valence-corrected chi connectivity index (χ3v) is 9.14. The third kappa shape index (κ3) is 9.61. The van der Waals surface area contributed by atoms with Crippen LogP contribution < -0.4 is 0 Å². The number of hydrogen-bond donors (Lipinski definition) is 0. The zero-order valence-corrected chi connectivity index (χ0v) is 27.3. The summed E-state index contributed by atoms with van der Waals surface area (Å²) in [4.78, 5) is 9.96. The van der Waals surface area contributed by atoms with Crippen molar-refractivity contribution in [3.05, 3.63) is 113 Å². The van der Waals surface area contributed by atoms with Crippen molar-refractivity contribution in [1.29, 1.82) is 0 Å². The Morgan fingerprint density at radius 3 is 1.67 bits per heavy atom. The van der Waals surface area contributed by atoms with Crippen molar-refractivity contribution in [2.75, 3.05) is 65.4 Å². The fourth-order valence-corrected chi connectivity index (χ4v) is 6.38. The van der Waals surface area contributed by atoms with E-state index < -0.39 is 11.7 Å². The van der Waals surface area contributed by atoms with Crippen LogP contribution in [-0.2, 0) is 6.18 Å². The monoisotopic (exact) mass is 662 g/mol. The standard InChI is InChI=1S/C36H43F5N4.ClH/c1-27(2)44-22-24-45(25-23-44)35(30-9-15-33(38)16-10-30)26-43-20-18-42(19-21-43)17-3-4-34(29-7-13-32(37)14-8-29)28-5-11-31(12-6-28)36(39,40)41;/h4-16,27,35H,3,17-26H2,1-2H3;1H/b34-4+;. The minimum Gasteiger partial charge on any atom is -0.300 e. The van der Waals surface area contributed by atoms with E-state index >= 15 is 0 Å². The van der Waals surface area contributed by atoms with Gasteiger partial charge in [-0.1, -0.05) is 42.5 Å². The van der Waals surface area contributed by atoms with E-state index in [1.165, 1.54) is 24.3 Å². The number of nitrogens with zero attached hydrogens (tertiary/aromatic N) is 4. The van der Waals surface area contributed by atoms with E-state index in [1.807, 2.05) is 18.2 Å². The number of benzene rings is 3. The first-order valence-electron chi connectivity index (χ1n) is 15.9. The summed E-state index contributed by atoms with van der Waals surface area (Å²) in [5.41, 5.74) is 2.69. The maximum absolute atomic E-state index is 13.8. The number of hydrogen-bond acceptors (Lipinski definition) is 4. The Labute approximate surface area is 275 Å². The van der Waals surface area contributed by atoms with Crippen molar-refractivity contribution in [2.24, 2.45) is 0 Å². The Morgan fingerprint density at radius 2 is 1.15 bits per heavy atom. The van der Waals surface area contributed by atoms with Gasteiger partial charge in [0.15, 0.2) is 0 Å². The van der Waals surface area contributed by atoms with E-state index in [0.29, 0.717) is 18.0 Å². The Kier molecular flexibility index (Phi) is 12.8. The molecule has 10 heteroatoms. The lowest BCUT2D eigenvalue weighted by Crippen LogP contribution is -2.53. The molecule has 2 aliphatic rings. The summed E-state index contributed by atoms with van der Waals surface area (Å²) in [5.74, 6) is -0.575. The molecule has 2 fully saturated rings. The molecule has 250 valence electrons. The van der Waals surface area contributed by atoms with Crippen LogP contribution in [0.3, 0.4) is 0 Å². The summed E-state index contributed by atoms with van der Waals surface area (Å²) < 4.78 is 66.8. The number of rotatable bonds is 10. The minimum absolute atomic E-state index is 0. The molecule has 2 aliphatic heterocycles. The van der Waals surface area contributed by atoms with E-state index in [1.54, 1.807) is 24.3 Å². The molecular weight excluding hydrogens is 619 g/mol. The molecule has 0 N–H and O–H groups in total. The predicted octanol–water partition coefficient (Wildman–Crippen LogP) is 7.61. The van der Waals surface area contributed by atoms with Crippen LogP contribution >= 0.6 is 12.4 Å². The van der Waals surface area contributed by atoms with Crippen LogP contribution in [0, 0.1) is 11.6 Å². The first-order valence-corrected chi connectivity index (χ1v) is 15.9. The SMILES string of the molecule is CC(C)N1CCN(C(CN2CCN(CC/C=C(/c3ccc(F)cc3)c3ccc(C(F)(F)F)cc3)CC2)c2ccc(F)cc2)CC1.Cl. The lowest BCUT2D eigenvalue weighted by molar-refractivity contribution is -0.137. The molecule has 2 saturated heterocycles. The fourth-order valence-electron chi connectivity index (χ4n) is 6.38. The van der Waals surface area contributed by atoms with Gasteiger partial charge in [-0.25, -0.2) is 8.78 Å². The fraction of sp³-hybridized carbons (Fsp3) is 0.444. The van der Waals surface area contributed by atoms with Crippen molar-refractivity contribution < 1.29 is 22.0 Å². The van der Waals surface area contributed by atoms with Crippen LogP contribution in [0.5, 0.6) is 0 Å². The molecule has 46 heavy (non-hydrogen) atoms. The van der Waals surface area contributed by atoms with Crippen LogP contribution in [0.1, 0.15) is 48.6 Å². The maximum Gasteiger partial charge on any atom is 0.416 e. The van der Waals surface area contributed by atoms with Gasteiger partial charge in [0.05, 0.1) is 5.56 Å². The Balaban J connectivity index is 0.00000480. The van der Waals surface area contributed by atoms with Gasteiger partial charge < -0.3 is 4.90 Å². The van der Waals surface area contributed by atoms with Crippen LogP contribution in [0.15, 0.2) is 78.9 Å². The number of halogens is 6. The summed E-state index contributed by atoms with van der Waals surface area (Å²) in [6.07, 6.45) is -1.64. The first-order chi connectivity index (χ1) is 21.6. The smallest absolute Gasteiger partial charge is 0.300 e. The van der Waals surface area contributed by atoms with Crippen LogP contribution in [0.4, 0.5) is 22.0 Å². The lowest BCUT2D eigenvalue weighted by Gasteiger charge is -2.43. The van der Waals surface area contributed by atoms with Gasteiger partial charge in [0.1, 0.15) is 11.6 Å². The Morgan fingerprint density at radius 1 is 0.674 bits per heavy atom. The highest BCUT2D eigenvalue weighted by atomic mass is 35.5. The van der Waals surface area contributed by atoms with Crippen molar-refractivity contribution >= 4 is 18.0 Å². The van der Waals surface area contributed by atoms with Gasteiger partial charge in [-0.15, -0.1) is 12.4 Å². The molecule has 1 atom stereocenters.